The predicted octanol–water partition coefficient (Wildman–Crippen LogP) is 0.324. The van der Waals surface area contributed by atoms with Gasteiger partial charge in [0.25, 0.3) is 5.91 Å². The topological polar surface area (TPSA) is 107 Å². The smallest absolute Gasteiger partial charge is 0.254 e. The summed E-state index contributed by atoms with van der Waals surface area (Å²) in [7, 11) is -3.06. The SMILES string of the molecule is CCN(CC(=O)NC1CCS(=O)(=O)C1)C(=O)c1ccc(C#N)cc1. The fourth-order valence-electron chi connectivity index (χ4n) is 2.55. The maximum Gasteiger partial charge on any atom is 0.254 e. The van der Waals surface area contributed by atoms with Gasteiger partial charge < -0.3 is 10.2 Å². The number of rotatable bonds is 5. The first-order valence-corrected chi connectivity index (χ1v) is 9.46. The third-order valence-electron chi connectivity index (χ3n) is 3.86. The second-order valence-electron chi connectivity index (χ2n) is 5.68. The Morgan fingerprint density at radius 3 is 2.50 bits per heavy atom. The lowest BCUT2D eigenvalue weighted by Crippen LogP contribution is -2.44. The van der Waals surface area contributed by atoms with Gasteiger partial charge in [-0.15, -0.1) is 0 Å². The van der Waals surface area contributed by atoms with Gasteiger partial charge in [0, 0.05) is 18.2 Å². The molecule has 1 aromatic rings. The minimum Gasteiger partial charge on any atom is -0.351 e. The number of carbonyl (C=O) groups is 2. The molecule has 0 bridgehead atoms. The van der Waals surface area contributed by atoms with Crippen LogP contribution in [-0.2, 0) is 14.6 Å². The first kappa shape index (κ1) is 17.9. The molecule has 1 unspecified atom stereocenters. The number of sulfone groups is 1. The van der Waals surface area contributed by atoms with E-state index in [-0.39, 0.29) is 35.9 Å². The van der Waals surface area contributed by atoms with Crippen molar-refractivity contribution in [1.82, 2.24) is 10.2 Å². The van der Waals surface area contributed by atoms with Crippen molar-refractivity contribution in [1.29, 1.82) is 5.26 Å². The van der Waals surface area contributed by atoms with Gasteiger partial charge in [-0.3, -0.25) is 9.59 Å². The van der Waals surface area contributed by atoms with E-state index in [2.05, 4.69) is 5.32 Å². The molecule has 7 nitrogen and oxygen atoms in total. The van der Waals surface area contributed by atoms with E-state index in [9.17, 15) is 18.0 Å². The quantitative estimate of drug-likeness (QED) is 0.824. The average molecular weight is 349 g/mol. The van der Waals surface area contributed by atoms with E-state index in [0.29, 0.717) is 24.1 Å². The Labute approximate surface area is 141 Å². The Balaban J connectivity index is 1.96. The first-order valence-electron chi connectivity index (χ1n) is 7.64. The molecule has 1 aliphatic heterocycles. The van der Waals surface area contributed by atoms with E-state index >= 15 is 0 Å². The summed E-state index contributed by atoms with van der Waals surface area (Å²) < 4.78 is 22.8. The summed E-state index contributed by atoms with van der Waals surface area (Å²) in [6, 6.07) is 7.78. The van der Waals surface area contributed by atoms with Crippen LogP contribution in [0.1, 0.15) is 29.3 Å². The van der Waals surface area contributed by atoms with Crippen molar-refractivity contribution < 1.29 is 18.0 Å². The monoisotopic (exact) mass is 349 g/mol. The summed E-state index contributed by atoms with van der Waals surface area (Å²) in [5.41, 5.74) is 0.849. The van der Waals surface area contributed by atoms with Gasteiger partial charge in [0.15, 0.2) is 9.84 Å². The highest BCUT2D eigenvalue weighted by Gasteiger charge is 2.29. The maximum atomic E-state index is 12.4. The molecule has 1 saturated heterocycles. The zero-order valence-electron chi connectivity index (χ0n) is 13.4. The van der Waals surface area contributed by atoms with Crippen molar-refractivity contribution in [2.45, 2.75) is 19.4 Å². The zero-order chi connectivity index (χ0) is 17.7. The zero-order valence-corrected chi connectivity index (χ0v) is 14.2. The number of amides is 2. The molecule has 0 saturated carbocycles. The van der Waals surface area contributed by atoms with Gasteiger partial charge in [0.2, 0.25) is 5.91 Å². The van der Waals surface area contributed by atoms with Gasteiger partial charge in [0.05, 0.1) is 29.7 Å². The van der Waals surface area contributed by atoms with Gasteiger partial charge in [-0.2, -0.15) is 5.26 Å². The van der Waals surface area contributed by atoms with Gasteiger partial charge in [-0.1, -0.05) is 0 Å². The van der Waals surface area contributed by atoms with Crippen molar-refractivity contribution in [2.75, 3.05) is 24.6 Å². The highest BCUT2D eigenvalue weighted by Crippen LogP contribution is 2.11. The van der Waals surface area contributed by atoms with E-state index in [1.165, 1.54) is 4.90 Å². The normalized spacial score (nSPS) is 18.6. The molecule has 0 aliphatic carbocycles. The highest BCUT2D eigenvalue weighted by atomic mass is 32.2. The fourth-order valence-corrected chi connectivity index (χ4v) is 4.23. The molecule has 0 radical (unpaired) electrons. The lowest BCUT2D eigenvalue weighted by molar-refractivity contribution is -0.122. The van der Waals surface area contributed by atoms with E-state index in [1.54, 1.807) is 31.2 Å². The molecule has 1 N–H and O–H groups in total. The van der Waals surface area contributed by atoms with Crippen molar-refractivity contribution >= 4 is 21.7 Å². The average Bonchev–Trinajstić information content (AvgIpc) is 2.90. The molecular weight excluding hydrogens is 330 g/mol. The standard InChI is InChI=1S/C16H19N3O4S/c1-2-19(16(21)13-5-3-12(9-17)4-6-13)10-15(20)18-14-7-8-24(22,23)11-14/h3-6,14H,2,7-8,10-11H2,1H3,(H,18,20). The largest absolute Gasteiger partial charge is 0.351 e. The number of nitrogens with one attached hydrogen (secondary N) is 1. The van der Waals surface area contributed by atoms with Crippen LogP contribution in [0.4, 0.5) is 0 Å². The highest BCUT2D eigenvalue weighted by molar-refractivity contribution is 7.91. The number of nitriles is 1. The predicted molar refractivity (Wildman–Crippen MR) is 87.9 cm³/mol. The van der Waals surface area contributed by atoms with Crippen molar-refractivity contribution in [3.05, 3.63) is 35.4 Å². The molecule has 1 aliphatic rings. The number of carbonyl (C=O) groups excluding carboxylic acids is 2. The summed E-state index contributed by atoms with van der Waals surface area (Å²) >= 11 is 0. The van der Waals surface area contributed by atoms with E-state index in [0.717, 1.165) is 0 Å². The van der Waals surface area contributed by atoms with Gasteiger partial charge in [-0.05, 0) is 37.6 Å². The maximum absolute atomic E-state index is 12.4. The molecule has 24 heavy (non-hydrogen) atoms. The third kappa shape index (κ3) is 4.55. The molecule has 1 heterocycles. The van der Waals surface area contributed by atoms with E-state index in [4.69, 9.17) is 5.26 Å². The molecule has 2 rings (SSSR count). The number of likely N-dealkylation sites (N-methyl/N-ethyl adjacent to an activating group) is 1. The molecule has 0 spiro atoms. The van der Waals surface area contributed by atoms with E-state index < -0.39 is 9.84 Å². The van der Waals surface area contributed by atoms with Crippen LogP contribution in [-0.4, -0.2) is 55.8 Å². The molecule has 1 fully saturated rings. The van der Waals surface area contributed by atoms with Crippen LogP contribution in [0.3, 0.4) is 0 Å². The third-order valence-corrected chi connectivity index (χ3v) is 5.63. The number of benzene rings is 1. The number of hydrogen-bond donors (Lipinski definition) is 1. The molecule has 0 aromatic heterocycles. The van der Waals surface area contributed by atoms with Crippen LogP contribution in [0.2, 0.25) is 0 Å². The number of hydrogen-bond acceptors (Lipinski definition) is 5. The van der Waals surface area contributed by atoms with Crippen LogP contribution in [0.15, 0.2) is 24.3 Å². The van der Waals surface area contributed by atoms with Crippen LogP contribution >= 0.6 is 0 Å². The fraction of sp³-hybridized carbons (Fsp3) is 0.438. The molecule has 128 valence electrons. The lowest BCUT2D eigenvalue weighted by atomic mass is 10.1. The van der Waals surface area contributed by atoms with E-state index in [1.807, 2.05) is 6.07 Å². The Bertz CT molecular complexity index is 766. The second kappa shape index (κ2) is 7.45. The van der Waals surface area contributed by atoms with Crippen molar-refractivity contribution in [2.24, 2.45) is 0 Å². The summed E-state index contributed by atoms with van der Waals surface area (Å²) in [5.74, 6) is -0.647. The minimum absolute atomic E-state index is 0.0472. The summed E-state index contributed by atoms with van der Waals surface area (Å²) in [4.78, 5) is 25.9. The van der Waals surface area contributed by atoms with Crippen LogP contribution in [0.25, 0.3) is 0 Å². The van der Waals surface area contributed by atoms with Crippen molar-refractivity contribution in [3.63, 3.8) is 0 Å². The molecular formula is C16H19N3O4S. The summed E-state index contributed by atoms with van der Waals surface area (Å²) in [6.07, 6.45) is 0.407. The van der Waals surface area contributed by atoms with Crippen LogP contribution in [0, 0.1) is 11.3 Å². The Morgan fingerprint density at radius 1 is 1.33 bits per heavy atom. The summed E-state index contributed by atoms with van der Waals surface area (Å²) in [5, 5.41) is 11.4. The Morgan fingerprint density at radius 2 is 2.00 bits per heavy atom. The first-order chi connectivity index (χ1) is 11.3. The summed E-state index contributed by atoms with van der Waals surface area (Å²) in [6.45, 7) is 1.97. The molecule has 1 aromatic carbocycles. The van der Waals surface area contributed by atoms with Crippen LogP contribution < -0.4 is 5.32 Å². The minimum atomic E-state index is -3.06. The molecule has 2 amide bonds. The van der Waals surface area contributed by atoms with Gasteiger partial charge in [-0.25, -0.2) is 8.42 Å². The molecule has 1 atom stereocenters. The second-order valence-corrected chi connectivity index (χ2v) is 7.90. The Kier molecular flexibility index (Phi) is 5.57. The van der Waals surface area contributed by atoms with Gasteiger partial charge in [0.1, 0.15) is 0 Å². The molecule has 8 heteroatoms. The Hall–Kier alpha value is -2.40. The lowest BCUT2D eigenvalue weighted by Gasteiger charge is -2.21. The van der Waals surface area contributed by atoms with Gasteiger partial charge >= 0.3 is 0 Å². The number of nitrogens with zero attached hydrogens (tertiary/aromatic N) is 2. The van der Waals surface area contributed by atoms with Crippen molar-refractivity contribution in [3.8, 4) is 6.07 Å². The van der Waals surface area contributed by atoms with Crippen LogP contribution in [0.5, 0.6) is 0 Å².